The number of hydrogen-bond acceptors (Lipinski definition) is 6. The molecule has 2 rings (SSSR count). The van der Waals surface area contributed by atoms with Crippen molar-refractivity contribution in [1.82, 2.24) is 15.3 Å². The van der Waals surface area contributed by atoms with E-state index >= 15 is 0 Å². The Kier molecular flexibility index (Phi) is 6.64. The minimum Gasteiger partial charge on any atom is -0.480 e. The van der Waals surface area contributed by atoms with Gasteiger partial charge in [0.1, 0.15) is 6.33 Å². The lowest BCUT2D eigenvalue weighted by Crippen LogP contribution is -2.40. The van der Waals surface area contributed by atoms with E-state index in [0.717, 1.165) is 19.3 Å². The van der Waals surface area contributed by atoms with E-state index in [0.29, 0.717) is 12.5 Å². The molecule has 21 heavy (non-hydrogen) atoms. The largest absolute Gasteiger partial charge is 0.480 e. The summed E-state index contributed by atoms with van der Waals surface area (Å²) in [5, 5.41) is 2.99. The van der Waals surface area contributed by atoms with Gasteiger partial charge in [-0.1, -0.05) is 6.42 Å². The summed E-state index contributed by atoms with van der Waals surface area (Å²) in [4.78, 5) is 20.3. The van der Waals surface area contributed by atoms with Crippen LogP contribution in [0.5, 0.6) is 11.8 Å². The van der Waals surface area contributed by atoms with E-state index in [4.69, 9.17) is 15.2 Å². The zero-order valence-corrected chi connectivity index (χ0v) is 13.0. The highest BCUT2D eigenvalue weighted by atomic mass is 35.5. The fraction of sp³-hybridized carbons (Fsp3) is 0.615. The topological polar surface area (TPSA) is 99.4 Å². The molecule has 0 aliphatic heterocycles. The molecule has 1 fully saturated rings. The number of ether oxygens (including phenoxy) is 2. The zero-order chi connectivity index (χ0) is 14.5. The molecule has 0 bridgehead atoms. The first-order chi connectivity index (χ1) is 9.71. The Balaban J connectivity index is 0.00000220. The van der Waals surface area contributed by atoms with Gasteiger partial charge in [-0.2, -0.15) is 0 Å². The minimum atomic E-state index is -0.287. The van der Waals surface area contributed by atoms with Gasteiger partial charge in [0.25, 0.3) is 5.91 Å². The molecule has 0 aromatic carbocycles. The summed E-state index contributed by atoms with van der Waals surface area (Å²) < 4.78 is 10.2. The van der Waals surface area contributed by atoms with Crippen molar-refractivity contribution >= 4 is 18.3 Å². The van der Waals surface area contributed by atoms with Crippen LogP contribution in [0.1, 0.15) is 29.6 Å². The van der Waals surface area contributed by atoms with Crippen LogP contribution in [-0.2, 0) is 0 Å². The van der Waals surface area contributed by atoms with Gasteiger partial charge in [-0.15, -0.1) is 12.4 Å². The normalized spacial score (nSPS) is 20.5. The van der Waals surface area contributed by atoms with Crippen LogP contribution in [0, 0.1) is 5.92 Å². The predicted molar refractivity (Wildman–Crippen MR) is 80.0 cm³/mol. The molecule has 1 aliphatic carbocycles. The highest BCUT2D eigenvalue weighted by Gasteiger charge is 2.30. The number of nitrogens with two attached hydrogens (primary N) is 1. The molecular formula is C13H21ClN4O3. The fourth-order valence-corrected chi connectivity index (χ4v) is 2.61. The summed E-state index contributed by atoms with van der Waals surface area (Å²) in [6, 6.07) is 0.0853. The molecule has 118 valence electrons. The Morgan fingerprint density at radius 2 is 1.95 bits per heavy atom. The number of hydrogen-bond donors (Lipinski definition) is 2. The Morgan fingerprint density at radius 1 is 1.33 bits per heavy atom. The molecule has 0 radical (unpaired) electrons. The van der Waals surface area contributed by atoms with Crippen LogP contribution >= 0.6 is 12.4 Å². The second-order valence-electron chi connectivity index (χ2n) is 4.77. The van der Waals surface area contributed by atoms with Gasteiger partial charge in [0.2, 0.25) is 11.8 Å². The molecular weight excluding hydrogens is 296 g/mol. The molecule has 1 aromatic heterocycles. The van der Waals surface area contributed by atoms with E-state index in [1.807, 2.05) is 0 Å². The van der Waals surface area contributed by atoms with Crippen LogP contribution < -0.4 is 20.5 Å². The van der Waals surface area contributed by atoms with Gasteiger partial charge in [0, 0.05) is 6.04 Å². The molecule has 0 spiro atoms. The number of halogens is 1. The SMILES string of the molecule is COc1ncnc(OC)c1C(=O)NC1CCCC1CN.Cl. The first-order valence-electron chi connectivity index (χ1n) is 6.65. The van der Waals surface area contributed by atoms with Gasteiger partial charge in [0.15, 0.2) is 5.56 Å². The quantitative estimate of drug-likeness (QED) is 0.832. The maximum atomic E-state index is 12.4. The van der Waals surface area contributed by atoms with Crippen molar-refractivity contribution in [2.24, 2.45) is 11.7 Å². The van der Waals surface area contributed by atoms with Crippen molar-refractivity contribution in [3.05, 3.63) is 11.9 Å². The predicted octanol–water partition coefficient (Wildman–Crippen LogP) is 0.773. The number of carbonyl (C=O) groups is 1. The molecule has 1 aromatic rings. The van der Waals surface area contributed by atoms with Gasteiger partial charge in [-0.3, -0.25) is 4.79 Å². The monoisotopic (exact) mass is 316 g/mol. The second kappa shape index (κ2) is 7.99. The number of amides is 1. The lowest BCUT2D eigenvalue weighted by atomic mass is 10.0. The summed E-state index contributed by atoms with van der Waals surface area (Å²) in [5.74, 6) is 0.443. The van der Waals surface area contributed by atoms with E-state index in [1.54, 1.807) is 0 Å². The van der Waals surface area contributed by atoms with Gasteiger partial charge >= 0.3 is 0 Å². The summed E-state index contributed by atoms with van der Waals surface area (Å²) in [7, 11) is 2.91. The fourth-order valence-electron chi connectivity index (χ4n) is 2.61. The summed E-state index contributed by atoms with van der Waals surface area (Å²) in [6.45, 7) is 0.574. The van der Waals surface area contributed by atoms with E-state index in [9.17, 15) is 4.79 Å². The molecule has 3 N–H and O–H groups in total. The highest BCUT2D eigenvalue weighted by molar-refractivity contribution is 5.98. The third kappa shape index (κ3) is 3.74. The van der Waals surface area contributed by atoms with Crippen LogP contribution in [0.25, 0.3) is 0 Å². The average molecular weight is 317 g/mol. The summed E-state index contributed by atoms with van der Waals surface area (Å²) in [6.07, 6.45) is 4.35. The van der Waals surface area contributed by atoms with Gasteiger partial charge in [-0.25, -0.2) is 9.97 Å². The van der Waals surface area contributed by atoms with E-state index in [-0.39, 0.29) is 41.7 Å². The van der Waals surface area contributed by atoms with E-state index < -0.39 is 0 Å². The van der Waals surface area contributed by atoms with Crippen LogP contribution in [0.15, 0.2) is 6.33 Å². The number of nitrogens with zero attached hydrogens (tertiary/aromatic N) is 2. The molecule has 2 unspecified atom stereocenters. The zero-order valence-electron chi connectivity index (χ0n) is 12.2. The van der Waals surface area contributed by atoms with Crippen LogP contribution in [-0.4, -0.2) is 42.7 Å². The van der Waals surface area contributed by atoms with Crippen molar-refractivity contribution < 1.29 is 14.3 Å². The van der Waals surface area contributed by atoms with Crippen LogP contribution in [0.4, 0.5) is 0 Å². The van der Waals surface area contributed by atoms with Gasteiger partial charge in [-0.05, 0) is 25.3 Å². The third-order valence-electron chi connectivity index (χ3n) is 3.67. The number of rotatable bonds is 5. The summed E-state index contributed by atoms with van der Waals surface area (Å²) >= 11 is 0. The maximum Gasteiger partial charge on any atom is 0.262 e. The molecule has 2 atom stereocenters. The Morgan fingerprint density at radius 3 is 2.48 bits per heavy atom. The first kappa shape index (κ1) is 17.5. The van der Waals surface area contributed by atoms with Crippen molar-refractivity contribution in [1.29, 1.82) is 0 Å². The van der Waals surface area contributed by atoms with Crippen molar-refractivity contribution in [3.63, 3.8) is 0 Å². The van der Waals surface area contributed by atoms with Gasteiger partial charge in [0.05, 0.1) is 14.2 Å². The van der Waals surface area contributed by atoms with Crippen LogP contribution in [0.2, 0.25) is 0 Å². The number of nitrogens with one attached hydrogen (secondary N) is 1. The van der Waals surface area contributed by atoms with Crippen molar-refractivity contribution in [2.45, 2.75) is 25.3 Å². The Bertz CT molecular complexity index is 464. The molecule has 0 saturated heterocycles. The molecule has 7 nitrogen and oxygen atoms in total. The number of methoxy groups -OCH3 is 2. The lowest BCUT2D eigenvalue weighted by molar-refractivity contribution is 0.0920. The van der Waals surface area contributed by atoms with E-state index in [2.05, 4.69) is 15.3 Å². The Labute approximate surface area is 130 Å². The smallest absolute Gasteiger partial charge is 0.262 e. The first-order valence-corrected chi connectivity index (χ1v) is 6.65. The number of aromatic nitrogens is 2. The summed E-state index contributed by atoms with van der Waals surface area (Å²) in [5.41, 5.74) is 5.95. The van der Waals surface area contributed by atoms with E-state index in [1.165, 1.54) is 20.5 Å². The minimum absolute atomic E-state index is 0. The Hall–Kier alpha value is -1.60. The van der Waals surface area contributed by atoms with Crippen molar-refractivity contribution in [3.8, 4) is 11.8 Å². The average Bonchev–Trinajstić information content (AvgIpc) is 2.93. The molecule has 1 amide bonds. The second-order valence-corrected chi connectivity index (χ2v) is 4.77. The number of carbonyl (C=O) groups excluding carboxylic acids is 1. The maximum absolute atomic E-state index is 12.4. The standard InChI is InChI=1S/C13H20N4O3.ClH/c1-19-12-10(13(20-2)16-7-15-12)11(18)17-9-5-3-4-8(9)6-14;/h7-9H,3-6,14H2,1-2H3,(H,17,18);1H. The molecule has 1 heterocycles. The molecule has 1 aliphatic rings. The molecule has 8 heteroatoms. The van der Waals surface area contributed by atoms with Crippen molar-refractivity contribution in [2.75, 3.05) is 20.8 Å². The lowest BCUT2D eigenvalue weighted by Gasteiger charge is -2.20. The third-order valence-corrected chi connectivity index (χ3v) is 3.67. The molecule has 1 saturated carbocycles. The van der Waals surface area contributed by atoms with Gasteiger partial charge < -0.3 is 20.5 Å². The highest BCUT2D eigenvalue weighted by Crippen LogP contribution is 2.27. The van der Waals surface area contributed by atoms with Crippen LogP contribution in [0.3, 0.4) is 0 Å².